The lowest BCUT2D eigenvalue weighted by Gasteiger charge is -2.31. The summed E-state index contributed by atoms with van der Waals surface area (Å²) in [7, 11) is 0. The first-order valence-electron chi connectivity index (χ1n) is 6.79. The predicted molar refractivity (Wildman–Crippen MR) is 78.8 cm³/mol. The second-order valence-electron chi connectivity index (χ2n) is 5.02. The summed E-state index contributed by atoms with van der Waals surface area (Å²) in [4.78, 5) is 0. The summed E-state index contributed by atoms with van der Waals surface area (Å²) in [5.74, 6) is 0.597. The zero-order valence-electron chi connectivity index (χ0n) is 11.2. The number of halogens is 1. The third-order valence-electron chi connectivity index (χ3n) is 3.63. The molecule has 0 aliphatic carbocycles. The zero-order valence-corrected chi connectivity index (χ0v) is 12.8. The Bertz CT molecular complexity index is 388. The largest absolute Gasteiger partial charge is 0.381 e. The Morgan fingerprint density at radius 3 is 2.94 bits per heavy atom. The second-order valence-corrected chi connectivity index (χ2v) is 5.88. The van der Waals surface area contributed by atoms with Crippen LogP contribution in [0.5, 0.6) is 0 Å². The number of nitrogens with one attached hydrogen (secondary N) is 1. The standard InChI is InChI=1S/C15H22BrNO/c1-3-17-15(13-5-4-8-18-10-13)12-6-7-14(16)11(2)9-12/h6-7,9,13,15,17H,3-5,8,10H2,1-2H3. The van der Waals surface area contributed by atoms with Gasteiger partial charge in [-0.05, 0) is 43.5 Å². The van der Waals surface area contributed by atoms with Gasteiger partial charge < -0.3 is 10.1 Å². The minimum Gasteiger partial charge on any atom is -0.381 e. The molecule has 1 aliphatic heterocycles. The molecule has 2 rings (SSSR count). The summed E-state index contributed by atoms with van der Waals surface area (Å²) in [5, 5.41) is 3.62. The van der Waals surface area contributed by atoms with Crippen LogP contribution in [0.2, 0.25) is 0 Å². The van der Waals surface area contributed by atoms with Gasteiger partial charge in [0.25, 0.3) is 0 Å². The number of ether oxygens (including phenoxy) is 1. The molecule has 1 fully saturated rings. The molecule has 0 radical (unpaired) electrons. The van der Waals surface area contributed by atoms with E-state index in [9.17, 15) is 0 Å². The van der Waals surface area contributed by atoms with E-state index in [2.05, 4.69) is 53.3 Å². The summed E-state index contributed by atoms with van der Waals surface area (Å²) in [6.07, 6.45) is 2.44. The molecule has 2 unspecified atom stereocenters. The highest BCUT2D eigenvalue weighted by Crippen LogP contribution is 2.30. The maximum absolute atomic E-state index is 5.64. The number of aryl methyl sites for hydroxylation is 1. The molecule has 3 heteroatoms. The van der Waals surface area contributed by atoms with Crippen LogP contribution in [0.1, 0.15) is 36.9 Å². The molecule has 1 aromatic rings. The molecule has 1 saturated heterocycles. The maximum atomic E-state index is 5.64. The van der Waals surface area contributed by atoms with Crippen LogP contribution in [-0.4, -0.2) is 19.8 Å². The summed E-state index contributed by atoms with van der Waals surface area (Å²) >= 11 is 3.57. The van der Waals surface area contributed by atoms with Gasteiger partial charge in [-0.25, -0.2) is 0 Å². The number of rotatable bonds is 4. The first-order chi connectivity index (χ1) is 8.72. The highest BCUT2D eigenvalue weighted by molar-refractivity contribution is 9.10. The van der Waals surface area contributed by atoms with Crippen molar-refractivity contribution < 1.29 is 4.74 Å². The van der Waals surface area contributed by atoms with Gasteiger partial charge in [0.15, 0.2) is 0 Å². The highest BCUT2D eigenvalue weighted by Gasteiger charge is 2.25. The maximum Gasteiger partial charge on any atom is 0.0512 e. The Morgan fingerprint density at radius 2 is 2.33 bits per heavy atom. The van der Waals surface area contributed by atoms with Gasteiger partial charge in [-0.3, -0.25) is 0 Å². The van der Waals surface area contributed by atoms with Crippen LogP contribution in [0.15, 0.2) is 22.7 Å². The van der Waals surface area contributed by atoms with E-state index in [0.717, 1.165) is 19.8 Å². The van der Waals surface area contributed by atoms with Gasteiger partial charge in [-0.1, -0.05) is 35.0 Å². The van der Waals surface area contributed by atoms with Gasteiger partial charge in [0, 0.05) is 23.0 Å². The molecule has 0 aromatic heterocycles. The first kappa shape index (κ1) is 14.0. The molecule has 2 atom stereocenters. The summed E-state index contributed by atoms with van der Waals surface area (Å²) in [6.45, 7) is 7.12. The van der Waals surface area contributed by atoms with Crippen LogP contribution in [0.25, 0.3) is 0 Å². The SMILES string of the molecule is CCNC(c1ccc(Br)c(C)c1)C1CCCOC1. The molecule has 100 valence electrons. The van der Waals surface area contributed by atoms with Crippen molar-refractivity contribution in [2.24, 2.45) is 5.92 Å². The Kier molecular flexibility index (Phi) is 5.22. The first-order valence-corrected chi connectivity index (χ1v) is 7.59. The number of hydrogen-bond donors (Lipinski definition) is 1. The smallest absolute Gasteiger partial charge is 0.0512 e. The topological polar surface area (TPSA) is 21.3 Å². The molecule has 1 aromatic carbocycles. The predicted octanol–water partition coefficient (Wildman–Crippen LogP) is 3.83. The molecular weight excluding hydrogens is 290 g/mol. The van der Waals surface area contributed by atoms with E-state index in [1.54, 1.807) is 0 Å². The number of benzene rings is 1. The molecule has 2 nitrogen and oxygen atoms in total. The molecule has 1 heterocycles. The molecule has 1 aliphatic rings. The normalized spacial score (nSPS) is 21.8. The average molecular weight is 312 g/mol. The quantitative estimate of drug-likeness (QED) is 0.912. The van der Waals surface area contributed by atoms with Crippen molar-refractivity contribution in [3.8, 4) is 0 Å². The van der Waals surface area contributed by atoms with Gasteiger partial charge in [-0.15, -0.1) is 0 Å². The highest BCUT2D eigenvalue weighted by atomic mass is 79.9. The van der Waals surface area contributed by atoms with E-state index < -0.39 is 0 Å². The molecule has 0 saturated carbocycles. The zero-order chi connectivity index (χ0) is 13.0. The Labute approximate surface area is 118 Å². The van der Waals surface area contributed by atoms with Crippen molar-refractivity contribution in [2.45, 2.75) is 32.7 Å². The lowest BCUT2D eigenvalue weighted by molar-refractivity contribution is 0.0392. The van der Waals surface area contributed by atoms with E-state index in [4.69, 9.17) is 4.74 Å². The van der Waals surface area contributed by atoms with Crippen LogP contribution in [0.3, 0.4) is 0 Å². The fraction of sp³-hybridized carbons (Fsp3) is 0.600. The van der Waals surface area contributed by atoms with E-state index in [-0.39, 0.29) is 0 Å². The van der Waals surface area contributed by atoms with Crippen molar-refractivity contribution >= 4 is 15.9 Å². The van der Waals surface area contributed by atoms with E-state index in [0.29, 0.717) is 12.0 Å². The van der Waals surface area contributed by atoms with Crippen LogP contribution in [-0.2, 0) is 4.74 Å². The molecular formula is C15H22BrNO. The van der Waals surface area contributed by atoms with E-state index in [1.165, 1.54) is 28.4 Å². The van der Waals surface area contributed by atoms with Crippen LogP contribution in [0, 0.1) is 12.8 Å². The van der Waals surface area contributed by atoms with Crippen LogP contribution < -0.4 is 5.32 Å². The average Bonchev–Trinajstić information content (AvgIpc) is 2.40. The van der Waals surface area contributed by atoms with Gasteiger partial charge >= 0.3 is 0 Å². The minimum atomic E-state index is 0.419. The fourth-order valence-electron chi connectivity index (χ4n) is 2.67. The van der Waals surface area contributed by atoms with Crippen molar-refractivity contribution in [1.29, 1.82) is 0 Å². The van der Waals surface area contributed by atoms with E-state index >= 15 is 0 Å². The molecule has 0 bridgehead atoms. The lowest BCUT2D eigenvalue weighted by Crippen LogP contribution is -2.33. The third kappa shape index (κ3) is 3.34. The Balaban J connectivity index is 2.19. The summed E-state index contributed by atoms with van der Waals surface area (Å²) in [5.41, 5.74) is 2.68. The molecule has 0 spiro atoms. The third-order valence-corrected chi connectivity index (χ3v) is 4.52. The van der Waals surface area contributed by atoms with Gasteiger partial charge in [-0.2, -0.15) is 0 Å². The second kappa shape index (κ2) is 6.69. The number of hydrogen-bond acceptors (Lipinski definition) is 2. The van der Waals surface area contributed by atoms with Crippen molar-refractivity contribution in [1.82, 2.24) is 5.32 Å². The van der Waals surface area contributed by atoms with Crippen molar-refractivity contribution in [2.75, 3.05) is 19.8 Å². The lowest BCUT2D eigenvalue weighted by atomic mass is 9.88. The van der Waals surface area contributed by atoms with Gasteiger partial charge in [0.05, 0.1) is 6.61 Å². The van der Waals surface area contributed by atoms with Crippen LogP contribution >= 0.6 is 15.9 Å². The Morgan fingerprint density at radius 1 is 1.50 bits per heavy atom. The van der Waals surface area contributed by atoms with E-state index in [1.807, 2.05) is 0 Å². The molecule has 1 N–H and O–H groups in total. The Hall–Kier alpha value is -0.380. The van der Waals surface area contributed by atoms with Crippen molar-refractivity contribution in [3.05, 3.63) is 33.8 Å². The van der Waals surface area contributed by atoms with Crippen molar-refractivity contribution in [3.63, 3.8) is 0 Å². The summed E-state index contributed by atoms with van der Waals surface area (Å²) < 4.78 is 6.82. The van der Waals surface area contributed by atoms with Gasteiger partial charge in [0.1, 0.15) is 0 Å². The minimum absolute atomic E-state index is 0.419. The van der Waals surface area contributed by atoms with Crippen LogP contribution in [0.4, 0.5) is 0 Å². The molecule has 0 amide bonds. The summed E-state index contributed by atoms with van der Waals surface area (Å²) in [6, 6.07) is 7.08. The fourth-order valence-corrected chi connectivity index (χ4v) is 2.91. The van der Waals surface area contributed by atoms with Gasteiger partial charge in [0.2, 0.25) is 0 Å². The monoisotopic (exact) mass is 311 g/mol. The molecule has 18 heavy (non-hydrogen) atoms.